The molecule has 1 aromatic heterocycles. The Bertz CT molecular complexity index is 529. The van der Waals surface area contributed by atoms with Gasteiger partial charge in [-0.05, 0) is 67.5 Å². The van der Waals surface area contributed by atoms with E-state index in [9.17, 15) is 8.42 Å². The van der Waals surface area contributed by atoms with Gasteiger partial charge in [0.05, 0.1) is 3.79 Å². The molecule has 0 amide bonds. The van der Waals surface area contributed by atoms with Crippen molar-refractivity contribution in [3.8, 4) is 0 Å². The average molecular weight is 367 g/mol. The largest absolute Gasteiger partial charge is 0.306 e. The van der Waals surface area contributed by atoms with Crippen LogP contribution in [0, 0.1) is 6.92 Å². The van der Waals surface area contributed by atoms with Crippen molar-refractivity contribution in [3.63, 3.8) is 0 Å². The molecule has 2 heterocycles. The molecule has 1 fully saturated rings. The van der Waals surface area contributed by atoms with Crippen molar-refractivity contribution >= 4 is 37.3 Å². The summed E-state index contributed by atoms with van der Waals surface area (Å²) < 4.78 is 28.0. The van der Waals surface area contributed by atoms with E-state index in [0.717, 1.165) is 35.3 Å². The third kappa shape index (κ3) is 3.21. The van der Waals surface area contributed by atoms with E-state index in [1.807, 2.05) is 6.92 Å². The van der Waals surface area contributed by atoms with E-state index >= 15 is 0 Å². The van der Waals surface area contributed by atoms with E-state index in [0.29, 0.717) is 4.21 Å². The van der Waals surface area contributed by atoms with E-state index in [4.69, 9.17) is 0 Å². The first-order chi connectivity index (χ1) is 8.82. The fourth-order valence-corrected chi connectivity index (χ4v) is 6.08. The highest BCUT2D eigenvalue weighted by Crippen LogP contribution is 2.33. The van der Waals surface area contributed by atoms with Crippen molar-refractivity contribution in [2.45, 2.75) is 30.0 Å². The molecule has 0 atom stereocenters. The van der Waals surface area contributed by atoms with Crippen LogP contribution in [0.15, 0.2) is 14.1 Å². The lowest BCUT2D eigenvalue weighted by molar-refractivity contribution is 0.198. The maximum absolute atomic E-state index is 12.6. The van der Waals surface area contributed by atoms with Crippen LogP contribution in [-0.4, -0.2) is 50.8 Å². The Hall–Kier alpha value is 0.0500. The Morgan fingerprint density at radius 2 is 2.00 bits per heavy atom. The number of likely N-dealkylation sites (tertiary alicyclic amines) is 1. The second-order valence-corrected chi connectivity index (χ2v) is 9.67. The molecule has 2 rings (SSSR count). The fraction of sp³-hybridized carbons (Fsp3) is 0.667. The summed E-state index contributed by atoms with van der Waals surface area (Å²) in [4.78, 5) is 2.24. The van der Waals surface area contributed by atoms with Crippen LogP contribution in [0.4, 0.5) is 0 Å². The van der Waals surface area contributed by atoms with Gasteiger partial charge in [-0.3, -0.25) is 0 Å². The molecule has 4 nitrogen and oxygen atoms in total. The minimum absolute atomic E-state index is 0.113. The molecule has 19 heavy (non-hydrogen) atoms. The number of rotatable bonds is 3. The Morgan fingerprint density at radius 1 is 1.42 bits per heavy atom. The minimum atomic E-state index is -3.35. The zero-order chi connectivity index (χ0) is 14.2. The maximum Gasteiger partial charge on any atom is 0.252 e. The van der Waals surface area contributed by atoms with Crippen LogP contribution in [0.25, 0.3) is 0 Å². The van der Waals surface area contributed by atoms with Crippen molar-refractivity contribution < 1.29 is 8.42 Å². The molecule has 0 bridgehead atoms. The lowest BCUT2D eigenvalue weighted by atomic mass is 10.1. The summed E-state index contributed by atoms with van der Waals surface area (Å²) in [5.74, 6) is 0. The van der Waals surface area contributed by atoms with E-state index in [-0.39, 0.29) is 6.04 Å². The summed E-state index contributed by atoms with van der Waals surface area (Å²) in [6.45, 7) is 3.82. The average Bonchev–Trinajstić information content (AvgIpc) is 2.70. The Labute approximate surface area is 127 Å². The van der Waals surface area contributed by atoms with Gasteiger partial charge in [0.25, 0.3) is 10.0 Å². The third-order valence-electron chi connectivity index (χ3n) is 3.67. The number of halogens is 1. The Kier molecular flexibility index (Phi) is 4.72. The van der Waals surface area contributed by atoms with Crippen LogP contribution in [0.2, 0.25) is 0 Å². The van der Waals surface area contributed by atoms with Gasteiger partial charge >= 0.3 is 0 Å². The molecule has 0 saturated carbocycles. The third-order valence-corrected chi connectivity index (χ3v) is 8.17. The highest BCUT2D eigenvalue weighted by Gasteiger charge is 2.31. The Morgan fingerprint density at radius 3 is 2.47 bits per heavy atom. The van der Waals surface area contributed by atoms with Gasteiger partial charge in [-0.15, -0.1) is 11.3 Å². The van der Waals surface area contributed by atoms with Crippen LogP contribution >= 0.6 is 27.3 Å². The van der Waals surface area contributed by atoms with Gasteiger partial charge in [0.2, 0.25) is 0 Å². The number of thiophene rings is 1. The van der Waals surface area contributed by atoms with E-state index < -0.39 is 10.0 Å². The molecule has 0 aliphatic carbocycles. The van der Waals surface area contributed by atoms with E-state index in [1.165, 1.54) is 11.3 Å². The van der Waals surface area contributed by atoms with Gasteiger partial charge < -0.3 is 4.90 Å². The van der Waals surface area contributed by atoms with Crippen LogP contribution in [-0.2, 0) is 10.0 Å². The lowest BCUT2D eigenvalue weighted by Gasteiger charge is -2.34. The van der Waals surface area contributed by atoms with Crippen molar-refractivity contribution in [2.75, 3.05) is 27.2 Å². The lowest BCUT2D eigenvalue weighted by Crippen LogP contribution is -2.44. The molecule has 0 N–H and O–H groups in total. The van der Waals surface area contributed by atoms with Gasteiger partial charge in [-0.1, -0.05) is 0 Å². The number of hydrogen-bond donors (Lipinski definition) is 0. The highest BCUT2D eigenvalue weighted by molar-refractivity contribution is 9.11. The zero-order valence-corrected chi connectivity index (χ0v) is 14.6. The smallest absolute Gasteiger partial charge is 0.252 e. The van der Waals surface area contributed by atoms with Crippen molar-refractivity contribution in [1.29, 1.82) is 0 Å². The standard InChI is InChI=1S/C12H19BrN2O2S2/c1-9-8-11(18-12(9)13)19(16,17)15(3)10-4-6-14(2)7-5-10/h8,10H,4-7H2,1-3H3. The zero-order valence-electron chi connectivity index (χ0n) is 11.4. The highest BCUT2D eigenvalue weighted by atomic mass is 79.9. The summed E-state index contributed by atoms with van der Waals surface area (Å²) >= 11 is 4.68. The molecule has 1 aromatic rings. The summed E-state index contributed by atoms with van der Waals surface area (Å²) in [7, 11) is 0.422. The molecule has 0 unspecified atom stereocenters. The molecule has 1 saturated heterocycles. The molecule has 1 aliphatic rings. The maximum atomic E-state index is 12.6. The van der Waals surface area contributed by atoms with Crippen LogP contribution in [0.1, 0.15) is 18.4 Å². The molecular formula is C12H19BrN2O2S2. The number of piperidine rings is 1. The second kappa shape index (κ2) is 5.81. The van der Waals surface area contributed by atoms with Gasteiger partial charge in [-0.2, -0.15) is 4.31 Å². The summed E-state index contributed by atoms with van der Waals surface area (Å²) in [6.07, 6.45) is 1.80. The summed E-state index contributed by atoms with van der Waals surface area (Å²) in [5, 5.41) is 0. The summed E-state index contributed by atoms with van der Waals surface area (Å²) in [6, 6.07) is 1.86. The van der Waals surface area contributed by atoms with E-state index in [1.54, 1.807) is 17.4 Å². The first-order valence-electron chi connectivity index (χ1n) is 6.25. The molecule has 7 heteroatoms. The van der Waals surface area contributed by atoms with Crippen LogP contribution < -0.4 is 0 Å². The monoisotopic (exact) mass is 366 g/mol. The Balaban J connectivity index is 2.19. The molecule has 0 aromatic carbocycles. The van der Waals surface area contributed by atoms with Crippen LogP contribution in [0.5, 0.6) is 0 Å². The number of hydrogen-bond acceptors (Lipinski definition) is 4. The number of aryl methyl sites for hydroxylation is 1. The van der Waals surface area contributed by atoms with Gasteiger partial charge in [-0.25, -0.2) is 8.42 Å². The molecule has 108 valence electrons. The predicted molar refractivity (Wildman–Crippen MR) is 82.2 cm³/mol. The van der Waals surface area contributed by atoms with Crippen molar-refractivity contribution in [1.82, 2.24) is 9.21 Å². The summed E-state index contributed by atoms with van der Waals surface area (Å²) in [5.41, 5.74) is 0.973. The van der Waals surface area contributed by atoms with Crippen molar-refractivity contribution in [2.24, 2.45) is 0 Å². The first kappa shape index (κ1) is 15.4. The quantitative estimate of drug-likeness (QED) is 0.825. The minimum Gasteiger partial charge on any atom is -0.306 e. The molecular weight excluding hydrogens is 348 g/mol. The molecule has 0 radical (unpaired) electrons. The number of sulfonamides is 1. The molecule has 1 aliphatic heterocycles. The van der Waals surface area contributed by atoms with Gasteiger partial charge in [0.15, 0.2) is 0 Å². The topological polar surface area (TPSA) is 40.6 Å². The SMILES string of the molecule is Cc1cc(S(=O)(=O)N(C)C2CCN(C)CC2)sc1Br. The second-order valence-electron chi connectivity index (χ2n) is 5.08. The fourth-order valence-electron chi connectivity index (χ4n) is 2.26. The normalized spacial score (nSPS) is 19.2. The number of nitrogens with zero attached hydrogens (tertiary/aromatic N) is 2. The van der Waals surface area contributed by atoms with Gasteiger partial charge in [0, 0.05) is 13.1 Å². The first-order valence-corrected chi connectivity index (χ1v) is 9.30. The predicted octanol–water partition coefficient (Wildman–Crippen LogP) is 2.53. The van der Waals surface area contributed by atoms with E-state index in [2.05, 4.69) is 27.9 Å². The van der Waals surface area contributed by atoms with Crippen LogP contribution in [0.3, 0.4) is 0 Å². The van der Waals surface area contributed by atoms with Gasteiger partial charge in [0.1, 0.15) is 4.21 Å². The van der Waals surface area contributed by atoms with Crippen molar-refractivity contribution in [3.05, 3.63) is 15.4 Å². The molecule has 0 spiro atoms.